The summed E-state index contributed by atoms with van der Waals surface area (Å²) in [6, 6.07) is 3.64. The van der Waals surface area contributed by atoms with Gasteiger partial charge in [-0.25, -0.2) is 4.98 Å². The number of rotatable bonds is 3. The van der Waals surface area contributed by atoms with Crippen LogP contribution in [0.15, 0.2) is 22.9 Å². The van der Waals surface area contributed by atoms with Crippen molar-refractivity contribution in [2.75, 3.05) is 13.1 Å². The average molecular weight is 340 g/mol. The highest BCUT2D eigenvalue weighted by Crippen LogP contribution is 2.15. The highest BCUT2D eigenvalue weighted by atomic mass is 79.9. The standard InChI is InChI=1S/C14H18BrN3O2/c1-2-13(19)17-11-4-7-18(8-5-11)14(20)10-3-6-16-12(15)9-10/h3,6,9,11H,2,4-5,7-8H2,1H3,(H,17,19). The summed E-state index contributed by atoms with van der Waals surface area (Å²) in [5.74, 6) is 0.0983. The highest BCUT2D eigenvalue weighted by Gasteiger charge is 2.24. The van der Waals surface area contributed by atoms with Crippen molar-refractivity contribution in [1.82, 2.24) is 15.2 Å². The lowest BCUT2D eigenvalue weighted by molar-refractivity contribution is -0.121. The van der Waals surface area contributed by atoms with E-state index in [-0.39, 0.29) is 17.9 Å². The number of aromatic nitrogens is 1. The largest absolute Gasteiger partial charge is 0.353 e. The molecule has 1 N–H and O–H groups in total. The minimum Gasteiger partial charge on any atom is -0.353 e. The summed E-state index contributed by atoms with van der Waals surface area (Å²) in [5.41, 5.74) is 0.642. The Bertz CT molecular complexity index is 499. The number of carbonyl (C=O) groups excluding carboxylic acids is 2. The molecule has 5 nitrogen and oxygen atoms in total. The lowest BCUT2D eigenvalue weighted by Crippen LogP contribution is -2.46. The summed E-state index contributed by atoms with van der Waals surface area (Å²) in [6.07, 6.45) is 3.74. The summed E-state index contributed by atoms with van der Waals surface area (Å²) in [4.78, 5) is 29.5. The summed E-state index contributed by atoms with van der Waals surface area (Å²) >= 11 is 3.27. The molecule has 0 spiro atoms. The first-order valence-electron chi connectivity index (χ1n) is 6.80. The Morgan fingerprint density at radius 3 is 2.75 bits per heavy atom. The van der Waals surface area contributed by atoms with Crippen LogP contribution < -0.4 is 5.32 Å². The van der Waals surface area contributed by atoms with Gasteiger partial charge in [-0.2, -0.15) is 0 Å². The van der Waals surface area contributed by atoms with Gasteiger partial charge in [0.1, 0.15) is 4.60 Å². The molecule has 1 aromatic rings. The van der Waals surface area contributed by atoms with Gasteiger partial charge in [-0.3, -0.25) is 9.59 Å². The fourth-order valence-corrected chi connectivity index (χ4v) is 2.64. The van der Waals surface area contributed by atoms with Crippen molar-refractivity contribution in [1.29, 1.82) is 0 Å². The molecule has 108 valence electrons. The number of nitrogens with zero attached hydrogens (tertiary/aromatic N) is 2. The Balaban J connectivity index is 1.90. The van der Waals surface area contributed by atoms with E-state index in [0.29, 0.717) is 29.7 Å². The maximum atomic E-state index is 12.3. The van der Waals surface area contributed by atoms with Crippen LogP contribution in [-0.2, 0) is 4.79 Å². The first-order chi connectivity index (χ1) is 9.60. The van der Waals surface area contributed by atoms with Crippen LogP contribution in [0.5, 0.6) is 0 Å². The summed E-state index contributed by atoms with van der Waals surface area (Å²) in [6.45, 7) is 3.19. The molecular weight excluding hydrogens is 322 g/mol. The number of pyridine rings is 1. The first-order valence-corrected chi connectivity index (χ1v) is 7.59. The fourth-order valence-electron chi connectivity index (χ4n) is 2.27. The minimum absolute atomic E-state index is 0.0216. The molecular formula is C14H18BrN3O2. The van der Waals surface area contributed by atoms with Crippen LogP contribution in [0, 0.1) is 0 Å². The van der Waals surface area contributed by atoms with E-state index in [1.165, 1.54) is 0 Å². The zero-order valence-electron chi connectivity index (χ0n) is 11.4. The minimum atomic E-state index is 0.0216. The molecule has 2 rings (SSSR count). The molecule has 2 amide bonds. The van der Waals surface area contributed by atoms with Crippen LogP contribution in [0.1, 0.15) is 36.5 Å². The van der Waals surface area contributed by atoms with Crippen molar-refractivity contribution in [3.8, 4) is 0 Å². The van der Waals surface area contributed by atoms with E-state index in [0.717, 1.165) is 12.8 Å². The Labute approximate surface area is 126 Å². The van der Waals surface area contributed by atoms with Crippen LogP contribution in [-0.4, -0.2) is 40.8 Å². The van der Waals surface area contributed by atoms with Crippen molar-refractivity contribution in [2.45, 2.75) is 32.2 Å². The topological polar surface area (TPSA) is 62.3 Å². The first kappa shape index (κ1) is 15.0. The summed E-state index contributed by atoms with van der Waals surface area (Å²) in [7, 11) is 0. The molecule has 0 aliphatic carbocycles. The van der Waals surface area contributed by atoms with Gasteiger partial charge in [-0.1, -0.05) is 6.92 Å². The number of hydrogen-bond donors (Lipinski definition) is 1. The molecule has 0 radical (unpaired) electrons. The second-order valence-corrected chi connectivity index (χ2v) is 5.67. The normalized spacial score (nSPS) is 16.0. The van der Waals surface area contributed by atoms with Crippen molar-refractivity contribution in [3.05, 3.63) is 28.5 Å². The number of likely N-dealkylation sites (tertiary alicyclic amines) is 1. The van der Waals surface area contributed by atoms with Crippen LogP contribution in [0.3, 0.4) is 0 Å². The van der Waals surface area contributed by atoms with Crippen molar-refractivity contribution < 1.29 is 9.59 Å². The van der Waals surface area contributed by atoms with E-state index in [1.807, 2.05) is 11.8 Å². The van der Waals surface area contributed by atoms with E-state index in [1.54, 1.807) is 18.3 Å². The second-order valence-electron chi connectivity index (χ2n) is 4.85. The molecule has 1 aliphatic heterocycles. The molecule has 0 aromatic carbocycles. The predicted octanol–water partition coefficient (Wildman–Crippen LogP) is 1.97. The van der Waals surface area contributed by atoms with Crippen LogP contribution in [0.25, 0.3) is 0 Å². The van der Waals surface area contributed by atoms with Crippen LogP contribution in [0.4, 0.5) is 0 Å². The third-order valence-electron chi connectivity index (χ3n) is 3.44. The van der Waals surface area contributed by atoms with Gasteiger partial charge in [0, 0.05) is 37.3 Å². The van der Waals surface area contributed by atoms with Gasteiger partial charge in [0.25, 0.3) is 5.91 Å². The lowest BCUT2D eigenvalue weighted by atomic mass is 10.0. The van der Waals surface area contributed by atoms with E-state index in [9.17, 15) is 9.59 Å². The van der Waals surface area contributed by atoms with Crippen LogP contribution >= 0.6 is 15.9 Å². The molecule has 0 saturated carbocycles. The second kappa shape index (κ2) is 6.83. The molecule has 6 heteroatoms. The third-order valence-corrected chi connectivity index (χ3v) is 3.88. The number of piperidine rings is 1. The van der Waals surface area contributed by atoms with Crippen molar-refractivity contribution >= 4 is 27.7 Å². The van der Waals surface area contributed by atoms with Gasteiger partial charge < -0.3 is 10.2 Å². The molecule has 2 heterocycles. The van der Waals surface area contributed by atoms with Crippen molar-refractivity contribution in [2.24, 2.45) is 0 Å². The molecule has 1 aliphatic rings. The molecule has 1 aromatic heterocycles. The third kappa shape index (κ3) is 3.79. The van der Waals surface area contributed by atoms with Gasteiger partial charge in [0.15, 0.2) is 0 Å². The quantitative estimate of drug-likeness (QED) is 0.856. The molecule has 0 unspecified atom stereocenters. The smallest absolute Gasteiger partial charge is 0.254 e. The maximum Gasteiger partial charge on any atom is 0.254 e. The molecule has 20 heavy (non-hydrogen) atoms. The van der Waals surface area contributed by atoms with Gasteiger partial charge in [0.2, 0.25) is 5.91 Å². The number of carbonyl (C=O) groups is 2. The van der Waals surface area contributed by atoms with E-state index < -0.39 is 0 Å². The maximum absolute atomic E-state index is 12.3. The van der Waals surface area contributed by atoms with Gasteiger partial charge >= 0.3 is 0 Å². The molecule has 1 fully saturated rings. The van der Waals surface area contributed by atoms with E-state index in [2.05, 4.69) is 26.2 Å². The zero-order valence-corrected chi connectivity index (χ0v) is 13.0. The predicted molar refractivity (Wildman–Crippen MR) is 79.3 cm³/mol. The van der Waals surface area contributed by atoms with Crippen molar-refractivity contribution in [3.63, 3.8) is 0 Å². The molecule has 1 saturated heterocycles. The number of nitrogens with one attached hydrogen (secondary N) is 1. The van der Waals surface area contributed by atoms with E-state index >= 15 is 0 Å². The highest BCUT2D eigenvalue weighted by molar-refractivity contribution is 9.10. The van der Waals surface area contributed by atoms with Gasteiger partial charge in [-0.05, 0) is 40.9 Å². The Kier molecular flexibility index (Phi) is 5.11. The summed E-state index contributed by atoms with van der Waals surface area (Å²) in [5, 5.41) is 2.98. The fraction of sp³-hybridized carbons (Fsp3) is 0.500. The summed E-state index contributed by atoms with van der Waals surface area (Å²) < 4.78 is 0.661. The average Bonchev–Trinajstić information content (AvgIpc) is 2.47. The Hall–Kier alpha value is -1.43. The number of amides is 2. The zero-order chi connectivity index (χ0) is 14.5. The molecule has 0 bridgehead atoms. The monoisotopic (exact) mass is 339 g/mol. The van der Waals surface area contributed by atoms with Gasteiger partial charge in [-0.15, -0.1) is 0 Å². The SMILES string of the molecule is CCC(=O)NC1CCN(C(=O)c2ccnc(Br)c2)CC1. The Morgan fingerprint density at radius 2 is 2.15 bits per heavy atom. The number of hydrogen-bond acceptors (Lipinski definition) is 3. The van der Waals surface area contributed by atoms with Crippen LogP contribution in [0.2, 0.25) is 0 Å². The lowest BCUT2D eigenvalue weighted by Gasteiger charge is -2.32. The van der Waals surface area contributed by atoms with Gasteiger partial charge in [0.05, 0.1) is 0 Å². The van der Waals surface area contributed by atoms with E-state index in [4.69, 9.17) is 0 Å². The molecule has 0 atom stereocenters. The Morgan fingerprint density at radius 1 is 1.45 bits per heavy atom. The number of halogens is 1.